The standard InChI is InChI=1S/C40H47FN4O11/c1-25(2)37-36(40(49)42-31-13-9-6-10-14-31)35(28-11-7-5-8-12-28)38(29-15-17-30(41)18-16-29)43(37)21-19-32(46)23-33(47)24-34(48)54-22-20-26(3)39(56-45(52)53)27(4)55-44(50)51/h5-18,25-27,32-33,39,46-47H,19-24H2,1-4H3,(H,42,49)/t26?,27-,32-,33-,39-/m1/s1. The van der Waals surface area contributed by atoms with Gasteiger partial charge in [-0.05, 0) is 85.5 Å². The Balaban J connectivity index is 1.52. The van der Waals surface area contributed by atoms with Crippen LogP contribution in [0, 0.1) is 32.0 Å². The normalized spacial score (nSPS) is 13.9. The maximum absolute atomic E-state index is 14.3. The molecule has 1 heterocycles. The van der Waals surface area contributed by atoms with E-state index in [1.54, 1.807) is 24.3 Å². The summed E-state index contributed by atoms with van der Waals surface area (Å²) in [5.74, 6) is -2.43. The van der Waals surface area contributed by atoms with Gasteiger partial charge in [-0.1, -0.05) is 69.3 Å². The van der Waals surface area contributed by atoms with Crippen LogP contribution in [0.3, 0.4) is 0 Å². The molecule has 300 valence electrons. The Morgan fingerprint density at radius 1 is 0.821 bits per heavy atom. The number of anilines is 1. The average Bonchev–Trinajstić information content (AvgIpc) is 3.49. The van der Waals surface area contributed by atoms with Crippen LogP contribution in [0.5, 0.6) is 0 Å². The van der Waals surface area contributed by atoms with E-state index in [4.69, 9.17) is 4.74 Å². The number of hydrogen-bond acceptors (Lipinski definition) is 11. The first-order valence-electron chi connectivity index (χ1n) is 18.2. The lowest BCUT2D eigenvalue weighted by Gasteiger charge is -2.26. The number of halogens is 1. The number of rotatable bonds is 21. The van der Waals surface area contributed by atoms with Crippen LogP contribution in [0.1, 0.15) is 75.3 Å². The van der Waals surface area contributed by atoms with Gasteiger partial charge in [0.1, 0.15) is 18.0 Å². The number of esters is 1. The summed E-state index contributed by atoms with van der Waals surface area (Å²) in [5.41, 5.74) is 4.41. The van der Waals surface area contributed by atoms with Crippen LogP contribution in [-0.4, -0.2) is 67.9 Å². The number of ether oxygens (including phenoxy) is 1. The SMILES string of the molecule is CC(C)c1c(C(=O)Nc2ccccc2)c(-c2ccccc2)c(-c2ccc(F)cc2)n1CC[C@@H](O)C[C@@H](O)CC(=O)OCCC(C)[C@@H](O[N+](=O)[O-])[C@@H](C)O[N+](=O)[O-]. The Labute approximate surface area is 323 Å². The van der Waals surface area contributed by atoms with E-state index in [0.717, 1.165) is 5.56 Å². The van der Waals surface area contributed by atoms with Crippen LogP contribution in [0.4, 0.5) is 10.1 Å². The first-order chi connectivity index (χ1) is 26.7. The van der Waals surface area contributed by atoms with Crippen LogP contribution >= 0.6 is 0 Å². The molecule has 4 aromatic rings. The predicted octanol–water partition coefficient (Wildman–Crippen LogP) is 6.97. The molecule has 3 aromatic carbocycles. The number of carbonyl (C=O) groups excluding carboxylic acids is 2. The molecule has 0 aliphatic rings. The molecule has 0 saturated carbocycles. The highest BCUT2D eigenvalue weighted by Gasteiger charge is 2.32. The average molecular weight is 779 g/mol. The van der Waals surface area contributed by atoms with Crippen molar-refractivity contribution >= 4 is 17.6 Å². The molecule has 0 bridgehead atoms. The number of nitrogens with zero attached hydrogens (tertiary/aromatic N) is 3. The molecule has 4 rings (SSSR count). The van der Waals surface area contributed by atoms with Crippen molar-refractivity contribution in [3.8, 4) is 22.4 Å². The van der Waals surface area contributed by atoms with Gasteiger partial charge >= 0.3 is 5.97 Å². The number of hydrogen-bond donors (Lipinski definition) is 3. The van der Waals surface area contributed by atoms with Crippen molar-refractivity contribution in [3.05, 3.63) is 122 Å². The zero-order valence-electron chi connectivity index (χ0n) is 31.6. The molecule has 56 heavy (non-hydrogen) atoms. The summed E-state index contributed by atoms with van der Waals surface area (Å²) in [4.78, 5) is 57.4. The van der Waals surface area contributed by atoms with E-state index in [1.807, 2.05) is 66.9 Å². The molecule has 3 N–H and O–H groups in total. The molecule has 0 aliphatic carbocycles. The summed E-state index contributed by atoms with van der Waals surface area (Å²) < 4.78 is 21.4. The van der Waals surface area contributed by atoms with Gasteiger partial charge in [0.05, 0.1) is 36.5 Å². The van der Waals surface area contributed by atoms with Crippen molar-refractivity contribution < 1.29 is 48.8 Å². The molecule has 1 unspecified atom stereocenters. The van der Waals surface area contributed by atoms with Crippen molar-refractivity contribution in [3.63, 3.8) is 0 Å². The molecule has 1 aromatic heterocycles. The van der Waals surface area contributed by atoms with Gasteiger partial charge in [-0.3, -0.25) is 9.59 Å². The molecular weight excluding hydrogens is 731 g/mol. The molecule has 5 atom stereocenters. The highest BCUT2D eigenvalue weighted by molar-refractivity contribution is 6.12. The number of aliphatic hydroxyl groups excluding tert-OH is 2. The molecule has 15 nitrogen and oxygen atoms in total. The van der Waals surface area contributed by atoms with Gasteiger partial charge in [0.2, 0.25) is 0 Å². The summed E-state index contributed by atoms with van der Waals surface area (Å²) in [6, 6.07) is 24.4. The topological polar surface area (TPSA) is 206 Å². The number of nitrogens with one attached hydrogen (secondary N) is 1. The maximum Gasteiger partial charge on any atom is 0.308 e. The summed E-state index contributed by atoms with van der Waals surface area (Å²) in [6.07, 6.45) is -5.45. The highest BCUT2D eigenvalue weighted by atomic mass is 19.1. The van der Waals surface area contributed by atoms with Crippen LogP contribution in [-0.2, 0) is 25.8 Å². The van der Waals surface area contributed by atoms with Crippen molar-refractivity contribution in [2.24, 2.45) is 5.92 Å². The second-order valence-corrected chi connectivity index (χ2v) is 13.8. The van der Waals surface area contributed by atoms with Crippen LogP contribution in [0.25, 0.3) is 22.4 Å². The fraction of sp³-hybridized carbons (Fsp3) is 0.400. The van der Waals surface area contributed by atoms with Gasteiger partial charge < -0.3 is 34.5 Å². The Bertz CT molecular complexity index is 1920. The number of aliphatic hydroxyl groups is 2. The molecule has 1 amide bonds. The third-order valence-corrected chi connectivity index (χ3v) is 9.24. The maximum atomic E-state index is 14.3. The summed E-state index contributed by atoms with van der Waals surface area (Å²) in [6.45, 7) is 6.65. The smallest absolute Gasteiger partial charge is 0.308 e. The number of carbonyl (C=O) groups is 2. The van der Waals surface area contributed by atoms with E-state index >= 15 is 0 Å². The van der Waals surface area contributed by atoms with E-state index in [2.05, 4.69) is 15.0 Å². The van der Waals surface area contributed by atoms with Crippen LogP contribution in [0.2, 0.25) is 0 Å². The Kier molecular flexibility index (Phi) is 15.4. The van der Waals surface area contributed by atoms with Crippen molar-refractivity contribution in [2.45, 2.75) is 90.3 Å². The van der Waals surface area contributed by atoms with Crippen LogP contribution < -0.4 is 5.32 Å². The van der Waals surface area contributed by atoms with E-state index < -0.39 is 58.7 Å². The fourth-order valence-corrected chi connectivity index (χ4v) is 6.72. The minimum absolute atomic E-state index is 0.0379. The van der Waals surface area contributed by atoms with Gasteiger partial charge in [0.25, 0.3) is 16.1 Å². The fourth-order valence-electron chi connectivity index (χ4n) is 6.72. The molecule has 0 saturated heterocycles. The lowest BCUT2D eigenvalue weighted by atomic mass is 9.94. The van der Waals surface area contributed by atoms with E-state index in [1.165, 1.54) is 26.0 Å². The summed E-state index contributed by atoms with van der Waals surface area (Å²) in [5, 5.41) is 44.3. The molecule has 16 heteroatoms. The number of aromatic nitrogens is 1. The van der Waals surface area contributed by atoms with Gasteiger partial charge in [-0.25, -0.2) is 4.39 Å². The van der Waals surface area contributed by atoms with E-state index in [-0.39, 0.29) is 44.2 Å². The van der Waals surface area contributed by atoms with Gasteiger partial charge in [0.15, 0.2) is 0 Å². The molecule has 0 spiro atoms. The molecular formula is C40H47FN4O11. The quantitative estimate of drug-likeness (QED) is 0.0447. The second-order valence-electron chi connectivity index (χ2n) is 13.8. The van der Waals surface area contributed by atoms with Crippen molar-refractivity contribution in [1.29, 1.82) is 0 Å². The number of benzene rings is 3. The van der Waals surface area contributed by atoms with Gasteiger partial charge in [-0.2, -0.15) is 0 Å². The summed E-state index contributed by atoms with van der Waals surface area (Å²) in [7, 11) is 0. The third kappa shape index (κ3) is 11.8. The lowest BCUT2D eigenvalue weighted by molar-refractivity contribution is -0.799. The zero-order valence-corrected chi connectivity index (χ0v) is 31.6. The summed E-state index contributed by atoms with van der Waals surface area (Å²) >= 11 is 0. The molecule has 0 radical (unpaired) electrons. The minimum Gasteiger partial charge on any atom is -0.466 e. The first-order valence-corrected chi connectivity index (χ1v) is 18.2. The van der Waals surface area contributed by atoms with E-state index in [0.29, 0.717) is 33.8 Å². The van der Waals surface area contributed by atoms with Gasteiger partial charge in [-0.15, -0.1) is 20.2 Å². The molecule has 0 aliphatic heterocycles. The third-order valence-electron chi connectivity index (χ3n) is 9.24. The van der Waals surface area contributed by atoms with Gasteiger partial charge in [0, 0.05) is 23.5 Å². The number of para-hydroxylation sites is 1. The first kappa shape index (κ1) is 42.9. The molecule has 0 fully saturated rings. The van der Waals surface area contributed by atoms with E-state index in [9.17, 15) is 44.4 Å². The Hall–Kier alpha value is -5.87. The Morgan fingerprint density at radius 3 is 2.02 bits per heavy atom. The zero-order chi connectivity index (χ0) is 40.9. The van der Waals surface area contributed by atoms with Crippen molar-refractivity contribution in [2.75, 3.05) is 11.9 Å². The van der Waals surface area contributed by atoms with Crippen LogP contribution in [0.15, 0.2) is 84.9 Å². The second kappa shape index (κ2) is 20.2. The largest absolute Gasteiger partial charge is 0.466 e. The lowest BCUT2D eigenvalue weighted by Crippen LogP contribution is -2.38. The number of amides is 1. The Morgan fingerprint density at radius 2 is 1.43 bits per heavy atom. The van der Waals surface area contributed by atoms with Crippen molar-refractivity contribution in [1.82, 2.24) is 4.57 Å². The monoisotopic (exact) mass is 778 g/mol. The highest BCUT2D eigenvalue weighted by Crippen LogP contribution is 2.42. The minimum atomic E-state index is -1.31. The predicted molar refractivity (Wildman–Crippen MR) is 204 cm³/mol.